The number of carbonyl (C=O) groups is 2. The van der Waals surface area contributed by atoms with Crippen molar-refractivity contribution in [2.24, 2.45) is 5.92 Å². The van der Waals surface area contributed by atoms with Gasteiger partial charge in [0.05, 0.1) is 29.6 Å². The van der Waals surface area contributed by atoms with Gasteiger partial charge in [0.1, 0.15) is 6.10 Å². The lowest BCUT2D eigenvalue weighted by atomic mass is 9.99. The van der Waals surface area contributed by atoms with E-state index in [2.05, 4.69) is 16.0 Å². The van der Waals surface area contributed by atoms with Crippen molar-refractivity contribution in [1.82, 2.24) is 10.2 Å². The second-order valence-electron chi connectivity index (χ2n) is 8.97. The van der Waals surface area contributed by atoms with Crippen LogP contribution in [0.4, 0.5) is 16.2 Å². The molecule has 1 aliphatic heterocycles. The van der Waals surface area contributed by atoms with Crippen molar-refractivity contribution in [2.75, 3.05) is 37.4 Å². The van der Waals surface area contributed by atoms with Gasteiger partial charge in [0.2, 0.25) is 0 Å². The summed E-state index contributed by atoms with van der Waals surface area (Å²) in [4.78, 5) is 28.2. The van der Waals surface area contributed by atoms with E-state index in [-0.39, 0.29) is 30.6 Å². The number of hydrogen-bond acceptors (Lipinski definition) is 5. The van der Waals surface area contributed by atoms with Crippen LogP contribution in [0.15, 0.2) is 60.7 Å². The van der Waals surface area contributed by atoms with Gasteiger partial charge in [0.25, 0.3) is 5.91 Å². The van der Waals surface area contributed by atoms with Gasteiger partial charge in [-0.2, -0.15) is 0 Å². The van der Waals surface area contributed by atoms with Crippen molar-refractivity contribution in [3.63, 3.8) is 0 Å². The summed E-state index contributed by atoms with van der Waals surface area (Å²) in [6, 6.07) is 17.9. The Morgan fingerprint density at radius 1 is 1.09 bits per heavy atom. The minimum atomic E-state index is -0.438. The quantitative estimate of drug-likeness (QED) is 0.432. The molecule has 0 spiro atoms. The molecule has 0 radical (unpaired) electrons. The van der Waals surface area contributed by atoms with Crippen LogP contribution in [0, 0.1) is 5.92 Å². The largest absolute Gasteiger partial charge is 0.486 e. The minimum Gasteiger partial charge on any atom is -0.486 e. The second-order valence-corrected chi connectivity index (χ2v) is 8.97. The van der Waals surface area contributed by atoms with Crippen molar-refractivity contribution in [3.8, 4) is 5.75 Å². The molecule has 3 amide bonds. The molecular formula is C27H32N4O4. The molecule has 3 aromatic rings. The zero-order valence-corrected chi connectivity index (χ0v) is 20.2. The molecule has 0 unspecified atom stereocenters. The van der Waals surface area contributed by atoms with Crippen LogP contribution < -0.4 is 20.7 Å². The molecule has 35 heavy (non-hydrogen) atoms. The highest BCUT2D eigenvalue weighted by molar-refractivity contribution is 6.08. The molecule has 0 saturated carbocycles. The number of benzene rings is 3. The molecule has 1 heterocycles. The van der Waals surface area contributed by atoms with E-state index in [0.717, 1.165) is 10.8 Å². The highest BCUT2D eigenvalue weighted by atomic mass is 16.5. The Morgan fingerprint density at radius 3 is 2.54 bits per heavy atom. The maximum atomic E-state index is 13.5. The topological polar surface area (TPSA) is 103 Å². The van der Waals surface area contributed by atoms with Crippen LogP contribution in [0.3, 0.4) is 0 Å². The van der Waals surface area contributed by atoms with Gasteiger partial charge in [0.15, 0.2) is 5.75 Å². The number of aliphatic hydroxyl groups is 1. The van der Waals surface area contributed by atoms with E-state index >= 15 is 0 Å². The Balaban J connectivity index is 1.67. The van der Waals surface area contributed by atoms with E-state index in [9.17, 15) is 14.7 Å². The summed E-state index contributed by atoms with van der Waals surface area (Å²) >= 11 is 0. The number of carbonyl (C=O) groups excluding carboxylic acids is 2. The molecule has 0 bridgehead atoms. The monoisotopic (exact) mass is 476 g/mol. The van der Waals surface area contributed by atoms with E-state index in [1.165, 1.54) is 0 Å². The van der Waals surface area contributed by atoms with E-state index in [0.29, 0.717) is 35.8 Å². The molecule has 0 aliphatic carbocycles. The Morgan fingerprint density at radius 2 is 1.77 bits per heavy atom. The summed E-state index contributed by atoms with van der Waals surface area (Å²) < 4.78 is 6.36. The molecule has 4 rings (SSSR count). The normalized spacial score (nSPS) is 18.7. The first-order chi connectivity index (χ1) is 16.9. The van der Waals surface area contributed by atoms with Crippen LogP contribution in [-0.4, -0.2) is 60.8 Å². The predicted octanol–water partition coefficient (Wildman–Crippen LogP) is 3.92. The third-order valence-corrected chi connectivity index (χ3v) is 6.38. The van der Waals surface area contributed by atoms with E-state index < -0.39 is 6.03 Å². The van der Waals surface area contributed by atoms with E-state index in [1.807, 2.05) is 63.4 Å². The predicted molar refractivity (Wildman–Crippen MR) is 138 cm³/mol. The van der Waals surface area contributed by atoms with Crippen LogP contribution >= 0.6 is 0 Å². The highest BCUT2D eigenvalue weighted by Crippen LogP contribution is 2.35. The summed E-state index contributed by atoms with van der Waals surface area (Å²) in [6.45, 7) is 4.70. The number of anilines is 2. The number of aliphatic hydroxyl groups excluding tert-OH is 1. The highest BCUT2D eigenvalue weighted by Gasteiger charge is 2.33. The maximum Gasteiger partial charge on any atom is 0.323 e. The number of nitrogens with one attached hydrogen (secondary N) is 3. The number of likely N-dealkylation sites (N-methyl/N-ethyl adjacent to an activating group) is 1. The zero-order valence-electron chi connectivity index (χ0n) is 20.2. The first kappa shape index (κ1) is 24.5. The lowest BCUT2D eigenvalue weighted by Crippen LogP contribution is -2.49. The van der Waals surface area contributed by atoms with Gasteiger partial charge in [0, 0.05) is 24.4 Å². The Kier molecular flexibility index (Phi) is 7.53. The molecule has 1 aliphatic rings. The van der Waals surface area contributed by atoms with E-state index in [4.69, 9.17) is 4.74 Å². The Labute approximate surface area is 205 Å². The van der Waals surface area contributed by atoms with Crippen LogP contribution in [0.2, 0.25) is 0 Å². The van der Waals surface area contributed by atoms with Gasteiger partial charge in [-0.15, -0.1) is 0 Å². The van der Waals surface area contributed by atoms with Crippen LogP contribution in [0.5, 0.6) is 5.75 Å². The van der Waals surface area contributed by atoms with Crippen LogP contribution in [0.1, 0.15) is 24.2 Å². The molecular weight excluding hydrogens is 444 g/mol. The van der Waals surface area contributed by atoms with Crippen molar-refractivity contribution >= 4 is 34.1 Å². The molecule has 3 atom stereocenters. The zero-order chi connectivity index (χ0) is 24.9. The minimum absolute atomic E-state index is 0.00823. The number of para-hydroxylation sites is 1. The lowest BCUT2D eigenvalue weighted by molar-refractivity contribution is 0.0417. The summed E-state index contributed by atoms with van der Waals surface area (Å²) in [5.74, 6) is 0.0769. The fraction of sp³-hybridized carbons (Fsp3) is 0.333. The molecule has 0 saturated heterocycles. The van der Waals surface area contributed by atoms with Gasteiger partial charge in [-0.3, -0.25) is 4.79 Å². The average Bonchev–Trinajstić information content (AvgIpc) is 2.86. The molecule has 0 aromatic heterocycles. The molecule has 4 N–H and O–H groups in total. The van der Waals surface area contributed by atoms with Crippen molar-refractivity contribution in [3.05, 3.63) is 66.2 Å². The number of urea groups is 1. The summed E-state index contributed by atoms with van der Waals surface area (Å²) in [5, 5.41) is 20.6. The smallest absolute Gasteiger partial charge is 0.323 e. The van der Waals surface area contributed by atoms with Crippen molar-refractivity contribution < 1.29 is 19.4 Å². The van der Waals surface area contributed by atoms with Crippen LogP contribution in [0.25, 0.3) is 10.8 Å². The van der Waals surface area contributed by atoms with Gasteiger partial charge in [-0.25, -0.2) is 4.79 Å². The van der Waals surface area contributed by atoms with E-state index in [1.54, 1.807) is 23.1 Å². The van der Waals surface area contributed by atoms with Crippen LogP contribution in [-0.2, 0) is 0 Å². The van der Waals surface area contributed by atoms with Gasteiger partial charge < -0.3 is 30.7 Å². The maximum absolute atomic E-state index is 13.5. The molecule has 3 aromatic carbocycles. The third-order valence-electron chi connectivity index (χ3n) is 6.38. The third kappa shape index (κ3) is 5.23. The Hall–Kier alpha value is -3.62. The standard InChI is InChI=1S/C27H32N4O4/c1-17-15-31(18(2)16-32)26(33)21-11-7-13-23(25(21)35-24(17)14-28-3)30-27(34)29-22-12-6-9-19-8-4-5-10-20(19)22/h4-13,17-18,24,28,32H,14-16H2,1-3H3,(H2,29,30,34)/t17-,18+,24+/m0/s1. The second kappa shape index (κ2) is 10.8. The van der Waals surface area contributed by atoms with Crippen molar-refractivity contribution in [1.29, 1.82) is 0 Å². The van der Waals surface area contributed by atoms with Gasteiger partial charge >= 0.3 is 6.03 Å². The SMILES string of the molecule is CNC[C@H]1Oc2c(NC(=O)Nc3cccc4ccccc34)cccc2C(=O)N([C@H](C)CO)C[C@@H]1C. The summed E-state index contributed by atoms with van der Waals surface area (Å²) in [5.41, 5.74) is 1.43. The Bertz CT molecular complexity index is 1210. The fourth-order valence-corrected chi connectivity index (χ4v) is 4.40. The number of hydrogen-bond donors (Lipinski definition) is 4. The van der Waals surface area contributed by atoms with Crippen molar-refractivity contribution in [2.45, 2.75) is 26.0 Å². The molecule has 184 valence electrons. The number of fused-ring (bicyclic) bond motifs is 2. The van der Waals surface area contributed by atoms with Gasteiger partial charge in [-0.1, -0.05) is 49.4 Å². The number of nitrogens with zero attached hydrogens (tertiary/aromatic N) is 1. The van der Waals surface area contributed by atoms with Gasteiger partial charge in [-0.05, 0) is 37.6 Å². The summed E-state index contributed by atoms with van der Waals surface area (Å²) in [7, 11) is 1.84. The lowest BCUT2D eigenvalue weighted by Gasteiger charge is -2.37. The fourth-order valence-electron chi connectivity index (χ4n) is 4.40. The number of ether oxygens (including phenoxy) is 1. The summed E-state index contributed by atoms with van der Waals surface area (Å²) in [6.07, 6.45) is -0.246. The molecule has 0 fully saturated rings. The number of rotatable bonds is 6. The first-order valence-corrected chi connectivity index (χ1v) is 11.8. The molecule has 8 heteroatoms. The first-order valence-electron chi connectivity index (χ1n) is 11.8. The average molecular weight is 477 g/mol. The molecule has 8 nitrogen and oxygen atoms in total. The number of amides is 3.